The minimum Gasteiger partial charge on any atom is -0.462 e. The van der Waals surface area contributed by atoms with Gasteiger partial charge in [-0.1, -0.05) is 0 Å². The first-order valence-corrected chi connectivity index (χ1v) is 9.53. The van der Waals surface area contributed by atoms with Crippen LogP contribution in [-0.2, 0) is 19.1 Å². The van der Waals surface area contributed by atoms with Crippen molar-refractivity contribution in [3.63, 3.8) is 0 Å². The largest absolute Gasteiger partial charge is 0.462 e. The molecule has 2 aromatic carbocycles. The van der Waals surface area contributed by atoms with Gasteiger partial charge in [0.15, 0.2) is 6.61 Å². The number of likely N-dealkylation sites (N-methyl/N-ethyl adjacent to an activating group) is 1. The number of hydrogen-bond acceptors (Lipinski definition) is 8. The van der Waals surface area contributed by atoms with Crippen LogP contribution in [-0.4, -0.2) is 60.4 Å². The number of hydrogen-bond donors (Lipinski definition) is 1. The van der Waals surface area contributed by atoms with Crippen LogP contribution in [0.2, 0.25) is 0 Å². The number of rotatable bonds is 9. The summed E-state index contributed by atoms with van der Waals surface area (Å²) in [4.78, 5) is 59.7. The Hall–Kier alpha value is -4.35. The molecule has 0 aromatic heterocycles. The monoisotopic (exact) mass is 461 g/mol. The van der Waals surface area contributed by atoms with Gasteiger partial charge in [0, 0.05) is 24.9 Å². The molecule has 1 N–H and O–H groups in total. The molecule has 0 aliphatic rings. The number of ether oxygens (including phenoxy) is 2. The van der Waals surface area contributed by atoms with Crippen LogP contribution in [0.4, 0.5) is 15.8 Å². The molecule has 174 valence electrons. The van der Waals surface area contributed by atoms with Crippen molar-refractivity contribution >= 4 is 35.1 Å². The van der Waals surface area contributed by atoms with E-state index in [-0.39, 0.29) is 24.3 Å². The lowest BCUT2D eigenvalue weighted by Gasteiger charge is -2.17. The number of amides is 2. The lowest BCUT2D eigenvalue weighted by Crippen LogP contribution is -2.37. The predicted octanol–water partition coefficient (Wildman–Crippen LogP) is 2.16. The molecule has 2 amide bonds. The van der Waals surface area contributed by atoms with E-state index in [2.05, 4.69) is 5.32 Å². The Balaban J connectivity index is 1.97. The van der Waals surface area contributed by atoms with E-state index >= 15 is 0 Å². The maximum atomic E-state index is 12.9. The molecule has 0 heterocycles. The van der Waals surface area contributed by atoms with Crippen LogP contribution in [0, 0.1) is 15.9 Å². The number of nitrogens with zero attached hydrogens (tertiary/aromatic N) is 2. The Kier molecular flexibility index (Phi) is 8.55. The van der Waals surface area contributed by atoms with Crippen LogP contribution in [0.25, 0.3) is 0 Å². The summed E-state index contributed by atoms with van der Waals surface area (Å²) >= 11 is 0. The van der Waals surface area contributed by atoms with Gasteiger partial charge in [0.1, 0.15) is 5.82 Å². The number of nitro groups is 1. The SMILES string of the molecule is CCOC(=O)c1cc(C(=O)OCC(=O)N(C)CC(=O)Nc2ccc(F)cc2)cc([N+](=O)[O-])c1. The molecule has 0 radical (unpaired) electrons. The van der Waals surface area contributed by atoms with Crippen molar-refractivity contribution in [1.29, 1.82) is 0 Å². The number of benzene rings is 2. The van der Waals surface area contributed by atoms with E-state index in [0.717, 1.165) is 35.2 Å². The van der Waals surface area contributed by atoms with Crippen molar-refractivity contribution in [3.05, 3.63) is 69.5 Å². The molecule has 33 heavy (non-hydrogen) atoms. The van der Waals surface area contributed by atoms with E-state index in [4.69, 9.17) is 9.47 Å². The highest BCUT2D eigenvalue weighted by Gasteiger charge is 2.21. The molecule has 12 heteroatoms. The van der Waals surface area contributed by atoms with E-state index in [1.54, 1.807) is 6.92 Å². The highest BCUT2D eigenvalue weighted by atomic mass is 19.1. The third-order valence-electron chi connectivity index (χ3n) is 4.14. The number of halogens is 1. The smallest absolute Gasteiger partial charge is 0.338 e. The minimum absolute atomic E-state index is 0.0247. The molecule has 0 fully saturated rings. The molecule has 0 aliphatic heterocycles. The number of esters is 2. The third-order valence-corrected chi connectivity index (χ3v) is 4.14. The molecule has 11 nitrogen and oxygen atoms in total. The van der Waals surface area contributed by atoms with Gasteiger partial charge < -0.3 is 19.7 Å². The lowest BCUT2D eigenvalue weighted by molar-refractivity contribution is -0.384. The van der Waals surface area contributed by atoms with Crippen LogP contribution < -0.4 is 5.32 Å². The van der Waals surface area contributed by atoms with E-state index in [1.807, 2.05) is 0 Å². The zero-order valence-electron chi connectivity index (χ0n) is 17.7. The fourth-order valence-electron chi connectivity index (χ4n) is 2.52. The van der Waals surface area contributed by atoms with Gasteiger partial charge in [-0.05, 0) is 37.3 Å². The van der Waals surface area contributed by atoms with Crippen molar-refractivity contribution in [2.75, 3.05) is 32.1 Å². The molecule has 0 bridgehead atoms. The number of carbonyl (C=O) groups is 4. The van der Waals surface area contributed by atoms with Crippen molar-refractivity contribution in [3.8, 4) is 0 Å². The first-order chi connectivity index (χ1) is 15.6. The van der Waals surface area contributed by atoms with Gasteiger partial charge in [0.05, 0.1) is 29.2 Å². The molecular weight excluding hydrogens is 441 g/mol. The van der Waals surface area contributed by atoms with Gasteiger partial charge in [-0.25, -0.2) is 14.0 Å². The molecule has 2 aromatic rings. The highest BCUT2D eigenvalue weighted by molar-refractivity contribution is 5.98. The number of anilines is 1. The van der Waals surface area contributed by atoms with Gasteiger partial charge >= 0.3 is 11.9 Å². The summed E-state index contributed by atoms with van der Waals surface area (Å²) in [6.07, 6.45) is 0. The van der Waals surface area contributed by atoms with Gasteiger partial charge in [0.2, 0.25) is 5.91 Å². The second-order valence-electron chi connectivity index (χ2n) is 6.63. The predicted molar refractivity (Wildman–Crippen MR) is 112 cm³/mol. The van der Waals surface area contributed by atoms with Crippen LogP contribution in [0.5, 0.6) is 0 Å². The Bertz CT molecular complexity index is 1070. The zero-order chi connectivity index (χ0) is 24.5. The lowest BCUT2D eigenvalue weighted by atomic mass is 10.1. The molecule has 0 saturated heterocycles. The summed E-state index contributed by atoms with van der Waals surface area (Å²) < 4.78 is 22.6. The zero-order valence-corrected chi connectivity index (χ0v) is 17.7. The first-order valence-electron chi connectivity index (χ1n) is 9.53. The standard InChI is InChI=1S/C21H20FN3O8/c1-3-32-20(28)13-8-14(10-17(9-13)25(30)31)21(29)33-12-19(27)24(2)11-18(26)23-16-6-4-15(22)5-7-16/h4-10H,3,11-12H2,1-2H3,(H,23,26). The third kappa shape index (κ3) is 7.38. The van der Waals surface area contributed by atoms with E-state index in [9.17, 15) is 33.7 Å². The molecule has 0 aliphatic carbocycles. The van der Waals surface area contributed by atoms with Crippen molar-refractivity contribution in [2.24, 2.45) is 0 Å². The van der Waals surface area contributed by atoms with Crippen molar-refractivity contribution < 1.29 is 38.0 Å². The number of nitro benzene ring substituents is 1. The van der Waals surface area contributed by atoms with Gasteiger partial charge in [-0.3, -0.25) is 19.7 Å². The fraction of sp³-hybridized carbons (Fsp3) is 0.238. The molecule has 2 rings (SSSR count). The second-order valence-corrected chi connectivity index (χ2v) is 6.63. The van der Waals surface area contributed by atoms with Gasteiger partial charge in [-0.2, -0.15) is 0 Å². The first kappa shape index (κ1) is 24.9. The fourth-order valence-corrected chi connectivity index (χ4v) is 2.52. The molecule has 0 saturated carbocycles. The topological polar surface area (TPSA) is 145 Å². The van der Waals surface area contributed by atoms with E-state index in [1.165, 1.54) is 19.2 Å². The normalized spacial score (nSPS) is 10.2. The average Bonchev–Trinajstić information content (AvgIpc) is 2.78. The van der Waals surface area contributed by atoms with E-state index in [0.29, 0.717) is 5.69 Å². The number of non-ortho nitro benzene ring substituents is 1. The molecule has 0 spiro atoms. The summed E-state index contributed by atoms with van der Waals surface area (Å²) in [6.45, 7) is 0.442. The summed E-state index contributed by atoms with van der Waals surface area (Å²) in [5.74, 6) is -3.71. The van der Waals surface area contributed by atoms with Crippen LogP contribution in [0.1, 0.15) is 27.6 Å². The average molecular weight is 461 g/mol. The molecule has 0 unspecified atom stereocenters. The Morgan fingerprint density at radius 3 is 2.15 bits per heavy atom. The Morgan fingerprint density at radius 2 is 1.61 bits per heavy atom. The highest BCUT2D eigenvalue weighted by Crippen LogP contribution is 2.19. The van der Waals surface area contributed by atoms with E-state index < -0.39 is 46.8 Å². The summed E-state index contributed by atoms with van der Waals surface area (Å²) in [5.41, 5.74) is -0.749. The number of carbonyl (C=O) groups excluding carboxylic acids is 4. The van der Waals surface area contributed by atoms with Crippen molar-refractivity contribution in [1.82, 2.24) is 4.90 Å². The maximum absolute atomic E-state index is 12.9. The van der Waals surface area contributed by atoms with Gasteiger partial charge in [-0.15, -0.1) is 0 Å². The minimum atomic E-state index is -1.08. The maximum Gasteiger partial charge on any atom is 0.338 e. The Morgan fingerprint density at radius 1 is 1.03 bits per heavy atom. The van der Waals surface area contributed by atoms with Gasteiger partial charge in [0.25, 0.3) is 11.6 Å². The second kappa shape index (κ2) is 11.3. The quantitative estimate of drug-likeness (QED) is 0.340. The molecule has 0 atom stereocenters. The van der Waals surface area contributed by atoms with Crippen molar-refractivity contribution in [2.45, 2.75) is 6.92 Å². The summed E-state index contributed by atoms with van der Waals surface area (Å²) in [7, 11) is 1.30. The summed E-state index contributed by atoms with van der Waals surface area (Å²) in [6, 6.07) is 7.91. The van der Waals surface area contributed by atoms with Crippen LogP contribution >= 0.6 is 0 Å². The molecular formula is C21H20FN3O8. The Labute approximate surface area is 187 Å². The van der Waals surface area contributed by atoms with Crippen LogP contribution in [0.3, 0.4) is 0 Å². The summed E-state index contributed by atoms with van der Waals surface area (Å²) in [5, 5.41) is 13.6. The number of nitrogens with one attached hydrogen (secondary N) is 1. The van der Waals surface area contributed by atoms with Crippen LogP contribution in [0.15, 0.2) is 42.5 Å².